The minimum atomic E-state index is -0.666. The van der Waals surface area contributed by atoms with Gasteiger partial charge in [-0.2, -0.15) is 0 Å². The highest BCUT2D eigenvalue weighted by atomic mass is 79.9. The molecule has 0 bridgehead atoms. The zero-order valence-electron chi connectivity index (χ0n) is 18.9. The lowest BCUT2D eigenvalue weighted by molar-refractivity contribution is -0.139. The van der Waals surface area contributed by atoms with E-state index in [0.717, 1.165) is 14.5 Å². The fraction of sp³-hybridized carbons (Fsp3) is 0.192. The minimum Gasteiger partial charge on any atom is -0.480 e. The Kier molecular flexibility index (Phi) is 7.75. The first-order chi connectivity index (χ1) is 16.8. The van der Waals surface area contributed by atoms with Crippen LogP contribution in [0.15, 0.2) is 72.5 Å². The van der Waals surface area contributed by atoms with Gasteiger partial charge in [0.25, 0.3) is 5.56 Å². The summed E-state index contributed by atoms with van der Waals surface area (Å²) in [6.07, 6.45) is 7.10. The number of carbonyl (C=O) groups is 1. The summed E-state index contributed by atoms with van der Waals surface area (Å²) < 4.78 is 14.7. The Hall–Kier alpha value is -2.93. The van der Waals surface area contributed by atoms with Crippen molar-refractivity contribution in [2.24, 2.45) is 4.99 Å². The summed E-state index contributed by atoms with van der Waals surface area (Å²) in [5.41, 5.74) is 2.07. The molecule has 2 heterocycles. The van der Waals surface area contributed by atoms with Crippen LogP contribution in [0.5, 0.6) is 5.75 Å². The van der Waals surface area contributed by atoms with Gasteiger partial charge in [-0.05, 0) is 55.8 Å². The number of benzene rings is 2. The highest BCUT2D eigenvalue weighted by molar-refractivity contribution is 9.10. The Morgan fingerprint density at radius 1 is 1.23 bits per heavy atom. The van der Waals surface area contributed by atoms with Crippen LogP contribution >= 0.6 is 43.2 Å². The van der Waals surface area contributed by atoms with Crippen molar-refractivity contribution in [1.29, 1.82) is 0 Å². The summed E-state index contributed by atoms with van der Waals surface area (Å²) in [5.74, 6) is 2.52. The van der Waals surface area contributed by atoms with Crippen LogP contribution in [0.1, 0.15) is 31.0 Å². The predicted octanol–water partition coefficient (Wildman–Crippen LogP) is 4.34. The number of hydrogen-bond donors (Lipinski definition) is 0. The first-order valence-electron chi connectivity index (χ1n) is 10.6. The summed E-state index contributed by atoms with van der Waals surface area (Å²) in [6, 6.07) is 12.3. The number of esters is 1. The quantitative estimate of drug-likeness (QED) is 0.306. The van der Waals surface area contributed by atoms with E-state index < -0.39 is 12.0 Å². The molecule has 0 aliphatic carbocycles. The number of ether oxygens (including phenoxy) is 2. The van der Waals surface area contributed by atoms with Crippen molar-refractivity contribution in [2.45, 2.75) is 19.9 Å². The number of halogens is 2. The Labute approximate surface area is 222 Å². The second-order valence-electron chi connectivity index (χ2n) is 7.53. The molecule has 6 nitrogen and oxygen atoms in total. The van der Waals surface area contributed by atoms with E-state index in [-0.39, 0.29) is 18.8 Å². The van der Waals surface area contributed by atoms with Gasteiger partial charge >= 0.3 is 5.97 Å². The lowest BCUT2D eigenvalue weighted by atomic mass is 9.96. The van der Waals surface area contributed by atoms with Crippen LogP contribution < -0.4 is 19.6 Å². The zero-order chi connectivity index (χ0) is 25.1. The van der Waals surface area contributed by atoms with Gasteiger partial charge in [0.15, 0.2) is 4.80 Å². The first kappa shape index (κ1) is 25.2. The van der Waals surface area contributed by atoms with Gasteiger partial charge in [0.1, 0.15) is 12.4 Å². The molecule has 0 fully saturated rings. The number of nitrogens with zero attached hydrogens (tertiary/aromatic N) is 2. The molecular formula is C26H20Br2N2O4S. The van der Waals surface area contributed by atoms with Crippen LogP contribution in [-0.2, 0) is 9.53 Å². The van der Waals surface area contributed by atoms with Crippen molar-refractivity contribution in [2.75, 3.05) is 13.2 Å². The molecule has 0 unspecified atom stereocenters. The number of terminal acetylenes is 1. The van der Waals surface area contributed by atoms with Gasteiger partial charge in [-0.15, -0.1) is 6.42 Å². The van der Waals surface area contributed by atoms with Gasteiger partial charge in [-0.1, -0.05) is 61.2 Å². The number of aromatic nitrogens is 1. The molecule has 4 rings (SSSR count). The van der Waals surface area contributed by atoms with Crippen molar-refractivity contribution in [1.82, 2.24) is 4.57 Å². The van der Waals surface area contributed by atoms with Crippen LogP contribution in [0.3, 0.4) is 0 Å². The third-order valence-electron chi connectivity index (χ3n) is 5.27. The molecule has 0 saturated heterocycles. The lowest BCUT2D eigenvalue weighted by Crippen LogP contribution is -2.39. The van der Waals surface area contributed by atoms with Gasteiger partial charge in [0.2, 0.25) is 0 Å². The molecule has 0 amide bonds. The van der Waals surface area contributed by atoms with Crippen LogP contribution in [0, 0.1) is 12.3 Å². The standard InChI is InChI=1S/C26H20Br2N2O4S/c1-4-12-34-20-11-10-19(28)13-17(20)14-21-24(31)30-23(16-6-8-18(27)9-7-16)22(25(32)33-5-2)15(3)29-26(30)35-21/h1,6-11,13-14,23H,5,12H2,2-3H3/b21-14-/t23-/m0/s1. The predicted molar refractivity (Wildman–Crippen MR) is 143 cm³/mol. The van der Waals surface area contributed by atoms with Gasteiger partial charge in [-0.25, -0.2) is 9.79 Å². The summed E-state index contributed by atoms with van der Waals surface area (Å²) in [7, 11) is 0. The SMILES string of the molecule is C#CCOc1ccc(Br)cc1/C=c1\sc2n(c1=O)[C@@H](c1ccc(Br)cc1)C(C(=O)OCC)=C(C)N=2. The normalized spacial score (nSPS) is 15.3. The average molecular weight is 616 g/mol. The fourth-order valence-corrected chi connectivity index (χ4v) is 5.46. The van der Waals surface area contributed by atoms with Gasteiger partial charge in [0.05, 0.1) is 28.5 Å². The summed E-state index contributed by atoms with van der Waals surface area (Å²) in [6.45, 7) is 3.83. The summed E-state index contributed by atoms with van der Waals surface area (Å²) in [5, 5.41) is 0. The number of rotatable bonds is 6. The molecule has 9 heteroatoms. The Bertz CT molecular complexity index is 1550. The highest BCUT2D eigenvalue weighted by Gasteiger charge is 2.33. The van der Waals surface area contributed by atoms with E-state index in [2.05, 4.69) is 42.8 Å². The Morgan fingerprint density at radius 2 is 1.94 bits per heavy atom. The maximum atomic E-state index is 13.7. The first-order valence-corrected chi connectivity index (χ1v) is 13.0. The maximum absolute atomic E-state index is 13.7. The zero-order valence-corrected chi connectivity index (χ0v) is 22.9. The van der Waals surface area contributed by atoms with Gasteiger partial charge in [-0.3, -0.25) is 9.36 Å². The molecule has 0 saturated carbocycles. The molecular weight excluding hydrogens is 596 g/mol. The van der Waals surface area contributed by atoms with E-state index in [0.29, 0.717) is 31.9 Å². The summed E-state index contributed by atoms with van der Waals surface area (Å²) >= 11 is 8.17. The molecule has 0 N–H and O–H groups in total. The third kappa shape index (κ3) is 5.20. The molecule has 1 aromatic heterocycles. The largest absolute Gasteiger partial charge is 0.480 e. The van der Waals surface area contributed by atoms with E-state index in [1.807, 2.05) is 36.4 Å². The van der Waals surface area contributed by atoms with Crippen LogP contribution in [-0.4, -0.2) is 23.8 Å². The van der Waals surface area contributed by atoms with E-state index in [4.69, 9.17) is 15.9 Å². The van der Waals surface area contributed by atoms with E-state index >= 15 is 0 Å². The smallest absolute Gasteiger partial charge is 0.338 e. The second-order valence-corrected chi connectivity index (χ2v) is 10.4. The van der Waals surface area contributed by atoms with Crippen molar-refractivity contribution in [3.63, 3.8) is 0 Å². The molecule has 178 valence electrons. The highest BCUT2D eigenvalue weighted by Crippen LogP contribution is 2.31. The van der Waals surface area contributed by atoms with Crippen molar-refractivity contribution in [3.8, 4) is 18.1 Å². The van der Waals surface area contributed by atoms with Gasteiger partial charge < -0.3 is 9.47 Å². The third-order valence-corrected chi connectivity index (χ3v) is 7.28. The van der Waals surface area contributed by atoms with Crippen molar-refractivity contribution < 1.29 is 14.3 Å². The monoisotopic (exact) mass is 614 g/mol. The lowest BCUT2D eigenvalue weighted by Gasteiger charge is -2.24. The van der Waals surface area contributed by atoms with Crippen LogP contribution in [0.4, 0.5) is 0 Å². The number of thiazole rings is 1. The molecule has 1 aliphatic rings. The molecule has 0 radical (unpaired) electrons. The average Bonchev–Trinajstić information content (AvgIpc) is 3.12. The molecule has 3 aromatic rings. The van der Waals surface area contributed by atoms with E-state index in [9.17, 15) is 9.59 Å². The van der Waals surface area contributed by atoms with Crippen molar-refractivity contribution >= 4 is 55.2 Å². The molecule has 1 atom stereocenters. The second kappa shape index (κ2) is 10.8. The topological polar surface area (TPSA) is 69.9 Å². The molecule has 2 aromatic carbocycles. The number of hydrogen-bond acceptors (Lipinski definition) is 6. The maximum Gasteiger partial charge on any atom is 0.338 e. The summed E-state index contributed by atoms with van der Waals surface area (Å²) in [4.78, 5) is 31.8. The van der Waals surface area contributed by atoms with Crippen molar-refractivity contribution in [3.05, 3.63) is 93.5 Å². The molecule has 0 spiro atoms. The van der Waals surface area contributed by atoms with Crippen LogP contribution in [0.2, 0.25) is 0 Å². The molecule has 1 aliphatic heterocycles. The van der Waals surface area contributed by atoms with E-state index in [1.54, 1.807) is 30.6 Å². The van der Waals surface area contributed by atoms with Gasteiger partial charge in [0, 0.05) is 14.5 Å². The number of carbonyl (C=O) groups excluding carboxylic acids is 1. The molecule has 35 heavy (non-hydrogen) atoms. The minimum absolute atomic E-state index is 0.107. The number of fused-ring (bicyclic) bond motifs is 1. The number of allylic oxidation sites excluding steroid dienone is 1. The van der Waals surface area contributed by atoms with E-state index in [1.165, 1.54) is 11.3 Å². The fourth-order valence-electron chi connectivity index (χ4n) is 3.78. The Morgan fingerprint density at radius 3 is 2.63 bits per heavy atom. The Balaban J connectivity index is 1.94. The van der Waals surface area contributed by atoms with Crippen LogP contribution in [0.25, 0.3) is 6.08 Å².